The van der Waals surface area contributed by atoms with Gasteiger partial charge in [-0.15, -0.1) is 0 Å². The Bertz CT molecular complexity index is 406. The molecule has 0 aromatic carbocycles. The number of halogens is 1. The zero-order chi connectivity index (χ0) is 13.1. The van der Waals surface area contributed by atoms with E-state index in [9.17, 15) is 0 Å². The average molecular weight is 269 g/mol. The summed E-state index contributed by atoms with van der Waals surface area (Å²) in [6.45, 7) is 10.7. The molecular weight excluding hydrogens is 248 g/mol. The molecule has 0 radical (unpaired) electrons. The number of aromatic nitrogens is 2. The van der Waals surface area contributed by atoms with E-state index >= 15 is 0 Å². The normalized spacial score (nSPS) is 19.8. The first-order chi connectivity index (χ1) is 8.67. The topological polar surface area (TPSA) is 32.3 Å². The molecule has 1 aromatic heterocycles. The Morgan fingerprint density at radius 2 is 2.11 bits per heavy atom. The van der Waals surface area contributed by atoms with Crippen LogP contribution in [-0.4, -0.2) is 47.1 Å². The minimum atomic E-state index is 0.561. The van der Waals surface area contributed by atoms with Crippen LogP contribution in [0.15, 0.2) is 6.33 Å². The molecule has 1 aromatic rings. The monoisotopic (exact) mass is 268 g/mol. The summed E-state index contributed by atoms with van der Waals surface area (Å²) in [6, 6.07) is 0.633. The van der Waals surface area contributed by atoms with E-state index in [0.717, 1.165) is 37.6 Å². The fraction of sp³-hybridized carbons (Fsp3) is 0.692. The standard InChI is InChI=1S/C13H21ClN4/c1-4-17(5-2)11-6-7-18(8-11)13-10(3)12(14)15-9-16-13/h9,11H,4-8H2,1-3H3. The molecule has 0 spiro atoms. The van der Waals surface area contributed by atoms with E-state index in [2.05, 4.69) is 33.6 Å². The lowest BCUT2D eigenvalue weighted by atomic mass is 10.2. The summed E-state index contributed by atoms with van der Waals surface area (Å²) in [7, 11) is 0. The van der Waals surface area contributed by atoms with Crippen molar-refractivity contribution in [3.63, 3.8) is 0 Å². The summed E-state index contributed by atoms with van der Waals surface area (Å²) in [5, 5.41) is 0.561. The van der Waals surface area contributed by atoms with Crippen molar-refractivity contribution in [1.82, 2.24) is 14.9 Å². The first-order valence-corrected chi connectivity index (χ1v) is 7.01. The third-order valence-electron chi connectivity index (χ3n) is 3.79. The van der Waals surface area contributed by atoms with Gasteiger partial charge in [-0.1, -0.05) is 25.4 Å². The van der Waals surface area contributed by atoms with Gasteiger partial charge in [0.05, 0.1) is 0 Å². The van der Waals surface area contributed by atoms with Gasteiger partial charge in [0.25, 0.3) is 0 Å². The summed E-state index contributed by atoms with van der Waals surface area (Å²) >= 11 is 6.06. The fourth-order valence-corrected chi connectivity index (χ4v) is 2.84. The second-order valence-corrected chi connectivity index (χ2v) is 5.08. The van der Waals surface area contributed by atoms with Gasteiger partial charge in [-0.25, -0.2) is 9.97 Å². The van der Waals surface area contributed by atoms with Crippen molar-refractivity contribution in [2.45, 2.75) is 33.2 Å². The van der Waals surface area contributed by atoms with Crippen molar-refractivity contribution in [3.8, 4) is 0 Å². The molecular formula is C13H21ClN4. The average Bonchev–Trinajstić information content (AvgIpc) is 2.84. The summed E-state index contributed by atoms with van der Waals surface area (Å²) in [4.78, 5) is 13.2. The Hall–Kier alpha value is -0.870. The SMILES string of the molecule is CCN(CC)C1CCN(c2ncnc(Cl)c2C)C1. The third-order valence-corrected chi connectivity index (χ3v) is 4.17. The molecule has 100 valence electrons. The summed E-state index contributed by atoms with van der Waals surface area (Å²) in [5.74, 6) is 0.990. The zero-order valence-corrected chi connectivity index (χ0v) is 12.1. The predicted molar refractivity (Wildman–Crippen MR) is 75.3 cm³/mol. The van der Waals surface area contributed by atoms with Crippen LogP contribution in [0.25, 0.3) is 0 Å². The highest BCUT2D eigenvalue weighted by Crippen LogP contribution is 2.26. The largest absolute Gasteiger partial charge is 0.355 e. The highest BCUT2D eigenvalue weighted by atomic mass is 35.5. The van der Waals surface area contributed by atoms with E-state index in [1.807, 2.05) is 6.92 Å². The number of nitrogens with zero attached hydrogens (tertiary/aromatic N) is 4. The van der Waals surface area contributed by atoms with Crippen molar-refractivity contribution in [2.75, 3.05) is 31.1 Å². The van der Waals surface area contributed by atoms with E-state index in [1.54, 1.807) is 6.33 Å². The number of hydrogen-bond donors (Lipinski definition) is 0. The van der Waals surface area contributed by atoms with Gasteiger partial charge in [-0.3, -0.25) is 4.90 Å². The minimum absolute atomic E-state index is 0.561. The molecule has 0 aliphatic carbocycles. The first-order valence-electron chi connectivity index (χ1n) is 6.63. The van der Waals surface area contributed by atoms with Crippen LogP contribution in [-0.2, 0) is 0 Å². The third kappa shape index (κ3) is 2.59. The molecule has 1 unspecified atom stereocenters. The first kappa shape index (κ1) is 13.6. The molecule has 5 heteroatoms. The molecule has 0 amide bonds. The van der Waals surface area contributed by atoms with Crippen molar-refractivity contribution >= 4 is 17.4 Å². The van der Waals surface area contributed by atoms with Gasteiger partial charge in [0.2, 0.25) is 0 Å². The van der Waals surface area contributed by atoms with Crippen LogP contribution < -0.4 is 4.90 Å². The van der Waals surface area contributed by atoms with Gasteiger partial charge >= 0.3 is 0 Å². The Kier molecular flexibility index (Phi) is 4.40. The molecule has 1 aliphatic heterocycles. The van der Waals surface area contributed by atoms with Crippen LogP contribution in [0.5, 0.6) is 0 Å². The van der Waals surface area contributed by atoms with Crippen LogP contribution in [0.1, 0.15) is 25.8 Å². The van der Waals surface area contributed by atoms with E-state index in [0.29, 0.717) is 11.2 Å². The Balaban J connectivity index is 2.11. The molecule has 18 heavy (non-hydrogen) atoms. The highest BCUT2D eigenvalue weighted by molar-refractivity contribution is 6.30. The molecule has 2 heterocycles. The second-order valence-electron chi connectivity index (χ2n) is 4.72. The van der Waals surface area contributed by atoms with Gasteiger partial charge in [0.1, 0.15) is 17.3 Å². The number of anilines is 1. The maximum atomic E-state index is 6.06. The molecule has 1 saturated heterocycles. The molecule has 1 fully saturated rings. The van der Waals surface area contributed by atoms with Gasteiger partial charge in [-0.05, 0) is 26.4 Å². The van der Waals surface area contributed by atoms with E-state index < -0.39 is 0 Å². The summed E-state index contributed by atoms with van der Waals surface area (Å²) < 4.78 is 0. The van der Waals surface area contributed by atoms with E-state index in [-0.39, 0.29) is 0 Å². The quantitative estimate of drug-likeness (QED) is 0.785. The molecule has 2 rings (SSSR count). The lowest BCUT2D eigenvalue weighted by Gasteiger charge is -2.26. The molecule has 4 nitrogen and oxygen atoms in total. The van der Waals surface area contributed by atoms with Crippen LogP contribution >= 0.6 is 11.6 Å². The van der Waals surface area contributed by atoms with Crippen LogP contribution in [0.4, 0.5) is 5.82 Å². The number of hydrogen-bond acceptors (Lipinski definition) is 4. The van der Waals surface area contributed by atoms with Gasteiger partial charge in [0, 0.05) is 24.7 Å². The lowest BCUT2D eigenvalue weighted by molar-refractivity contribution is 0.232. The molecule has 0 N–H and O–H groups in total. The number of rotatable bonds is 4. The smallest absolute Gasteiger partial charge is 0.137 e. The van der Waals surface area contributed by atoms with Crippen LogP contribution in [0.3, 0.4) is 0 Å². The maximum absolute atomic E-state index is 6.06. The Labute approximate surface area is 114 Å². The van der Waals surface area contributed by atoms with Gasteiger partial charge in [-0.2, -0.15) is 0 Å². The number of likely N-dealkylation sites (N-methyl/N-ethyl adjacent to an activating group) is 1. The van der Waals surface area contributed by atoms with Crippen molar-refractivity contribution in [2.24, 2.45) is 0 Å². The minimum Gasteiger partial charge on any atom is -0.355 e. The lowest BCUT2D eigenvalue weighted by Crippen LogP contribution is -2.37. The van der Waals surface area contributed by atoms with Gasteiger partial charge in [0.15, 0.2) is 0 Å². The summed E-state index contributed by atoms with van der Waals surface area (Å²) in [6.07, 6.45) is 2.75. The molecule has 0 saturated carbocycles. The van der Waals surface area contributed by atoms with Crippen molar-refractivity contribution < 1.29 is 0 Å². The van der Waals surface area contributed by atoms with Crippen molar-refractivity contribution in [3.05, 3.63) is 17.0 Å². The predicted octanol–water partition coefficient (Wildman–Crippen LogP) is 2.36. The second kappa shape index (κ2) is 5.85. The van der Waals surface area contributed by atoms with Crippen molar-refractivity contribution in [1.29, 1.82) is 0 Å². The fourth-order valence-electron chi connectivity index (χ4n) is 2.71. The molecule has 1 atom stereocenters. The molecule has 1 aliphatic rings. The maximum Gasteiger partial charge on any atom is 0.137 e. The Morgan fingerprint density at radius 3 is 2.78 bits per heavy atom. The Morgan fingerprint density at radius 1 is 1.39 bits per heavy atom. The summed E-state index contributed by atoms with van der Waals surface area (Å²) in [5.41, 5.74) is 0.986. The van der Waals surface area contributed by atoms with E-state index in [4.69, 9.17) is 11.6 Å². The molecule has 0 bridgehead atoms. The van der Waals surface area contributed by atoms with E-state index in [1.165, 1.54) is 6.42 Å². The zero-order valence-electron chi connectivity index (χ0n) is 11.4. The highest BCUT2D eigenvalue weighted by Gasteiger charge is 2.28. The van der Waals surface area contributed by atoms with Crippen LogP contribution in [0, 0.1) is 6.92 Å². The van der Waals surface area contributed by atoms with Crippen LogP contribution in [0.2, 0.25) is 5.15 Å². The van der Waals surface area contributed by atoms with Gasteiger partial charge < -0.3 is 4.90 Å².